The van der Waals surface area contributed by atoms with E-state index in [1.54, 1.807) is 25.3 Å². The number of methoxy groups -OCH3 is 1. The van der Waals surface area contributed by atoms with Crippen LogP contribution in [-0.4, -0.2) is 30.0 Å². The van der Waals surface area contributed by atoms with Crippen LogP contribution < -0.4 is 10.2 Å². The Hall–Kier alpha value is -2.28. The first kappa shape index (κ1) is 20.5. The van der Waals surface area contributed by atoms with Gasteiger partial charge in [0.1, 0.15) is 5.75 Å². The lowest BCUT2D eigenvalue weighted by Gasteiger charge is -2.09. The maximum atomic E-state index is 12.1. The van der Waals surface area contributed by atoms with Gasteiger partial charge in [-0.2, -0.15) is 5.10 Å². The summed E-state index contributed by atoms with van der Waals surface area (Å²) in [5, 5.41) is 5.90. The number of benzene rings is 2. The molecule has 1 N–H and O–H groups in total. The molecule has 0 atom stereocenters. The van der Waals surface area contributed by atoms with Gasteiger partial charge < -0.3 is 4.74 Å². The fourth-order valence-corrected chi connectivity index (χ4v) is 3.88. The Morgan fingerprint density at radius 3 is 2.82 bits per heavy atom. The Kier molecular flexibility index (Phi) is 6.78. The lowest BCUT2D eigenvalue weighted by molar-refractivity contribution is -0.118. The smallest absolute Gasteiger partial charge is 0.250 e. The molecule has 8 heteroatoms. The minimum absolute atomic E-state index is 0.210. The van der Waals surface area contributed by atoms with Crippen LogP contribution in [0.4, 0.5) is 0 Å². The second kappa shape index (κ2) is 9.28. The number of hydrogen-bond donors (Lipinski definition) is 1. The molecule has 3 aromatic rings. The van der Waals surface area contributed by atoms with E-state index in [1.807, 2.05) is 31.2 Å². The number of rotatable bonds is 6. The molecule has 1 heterocycles. The van der Waals surface area contributed by atoms with Crippen LogP contribution in [-0.2, 0) is 4.79 Å². The minimum atomic E-state index is -0.225. The van der Waals surface area contributed by atoms with E-state index in [-0.39, 0.29) is 11.7 Å². The number of amides is 1. The largest absolute Gasteiger partial charge is 0.497 e. The molecule has 1 aromatic heterocycles. The van der Waals surface area contributed by atoms with Gasteiger partial charge in [0.2, 0.25) is 5.91 Å². The van der Waals surface area contributed by atoms with Crippen molar-refractivity contribution in [2.75, 3.05) is 12.9 Å². The molecule has 0 bridgehead atoms. The Bertz CT molecular complexity index is 1060. The van der Waals surface area contributed by atoms with Gasteiger partial charge in [-0.25, -0.2) is 5.43 Å². The van der Waals surface area contributed by atoms with Crippen molar-refractivity contribution in [1.82, 2.24) is 10.4 Å². The van der Waals surface area contributed by atoms with E-state index in [1.165, 1.54) is 18.0 Å². The molecule has 0 aliphatic rings. The van der Waals surface area contributed by atoms with Gasteiger partial charge in [-0.1, -0.05) is 29.3 Å². The van der Waals surface area contributed by atoms with E-state index in [0.717, 1.165) is 27.2 Å². The second-order valence-electron chi connectivity index (χ2n) is 5.89. The molecule has 0 saturated heterocycles. The van der Waals surface area contributed by atoms with Crippen LogP contribution in [0.3, 0.4) is 0 Å². The lowest BCUT2D eigenvalue weighted by atomic mass is 10.2. The number of aryl methyl sites for hydroxylation is 1. The summed E-state index contributed by atoms with van der Waals surface area (Å²) in [7, 11) is 1.62. The van der Waals surface area contributed by atoms with Crippen LogP contribution in [0.2, 0.25) is 10.0 Å². The van der Waals surface area contributed by atoms with Crippen molar-refractivity contribution in [3.63, 3.8) is 0 Å². The second-order valence-corrected chi connectivity index (χ2v) is 7.75. The predicted molar refractivity (Wildman–Crippen MR) is 116 cm³/mol. The summed E-state index contributed by atoms with van der Waals surface area (Å²) < 4.78 is 5.29. The van der Waals surface area contributed by atoms with E-state index in [9.17, 15) is 4.79 Å². The average Bonchev–Trinajstić information content (AvgIpc) is 2.67. The summed E-state index contributed by atoms with van der Waals surface area (Å²) in [6, 6.07) is 12.7. The highest BCUT2D eigenvalue weighted by atomic mass is 35.5. The molecular formula is C20H17Cl2N3O2S. The number of halogens is 2. The topological polar surface area (TPSA) is 63.6 Å². The van der Waals surface area contributed by atoms with E-state index in [0.29, 0.717) is 15.6 Å². The zero-order valence-electron chi connectivity index (χ0n) is 15.2. The number of aromatic nitrogens is 1. The quantitative estimate of drug-likeness (QED) is 0.333. The number of hydrazone groups is 1. The molecule has 144 valence electrons. The van der Waals surface area contributed by atoms with Crippen molar-refractivity contribution in [3.05, 3.63) is 63.8 Å². The van der Waals surface area contributed by atoms with Gasteiger partial charge in [-0.3, -0.25) is 9.78 Å². The van der Waals surface area contributed by atoms with E-state index < -0.39 is 0 Å². The van der Waals surface area contributed by atoms with Crippen molar-refractivity contribution in [2.24, 2.45) is 5.10 Å². The molecule has 2 aromatic carbocycles. The van der Waals surface area contributed by atoms with E-state index in [2.05, 4.69) is 15.5 Å². The standard InChI is InChI=1S/C20H17Cl2N3O2S/c1-12-7-19(16-9-15(27-2)5-6-18(16)24-12)28-11-20(26)25-23-10-13-3-4-14(21)8-17(13)22/h3-10H,11H2,1-2H3,(H,25,26). The molecule has 3 rings (SSSR count). The maximum Gasteiger partial charge on any atom is 0.250 e. The highest BCUT2D eigenvalue weighted by molar-refractivity contribution is 8.00. The van der Waals surface area contributed by atoms with Crippen molar-refractivity contribution in [3.8, 4) is 5.75 Å². The average molecular weight is 434 g/mol. The van der Waals surface area contributed by atoms with Crippen molar-refractivity contribution < 1.29 is 9.53 Å². The van der Waals surface area contributed by atoms with Crippen LogP contribution in [0.1, 0.15) is 11.3 Å². The Balaban J connectivity index is 1.66. The number of fused-ring (bicyclic) bond motifs is 1. The SMILES string of the molecule is COc1ccc2nc(C)cc(SCC(=O)NN=Cc3ccc(Cl)cc3Cl)c2c1. The van der Waals surface area contributed by atoms with Crippen molar-refractivity contribution >= 4 is 58.0 Å². The predicted octanol–water partition coefficient (Wildman–Crippen LogP) is 5.10. The zero-order chi connectivity index (χ0) is 20.1. The molecule has 0 aliphatic heterocycles. The summed E-state index contributed by atoms with van der Waals surface area (Å²) in [4.78, 5) is 17.6. The number of hydrogen-bond acceptors (Lipinski definition) is 5. The zero-order valence-corrected chi connectivity index (χ0v) is 17.5. The molecule has 0 aliphatic carbocycles. The summed E-state index contributed by atoms with van der Waals surface area (Å²) in [6.07, 6.45) is 1.48. The van der Waals surface area contributed by atoms with Gasteiger partial charge in [0.25, 0.3) is 0 Å². The summed E-state index contributed by atoms with van der Waals surface area (Å²) >= 11 is 13.3. The first-order chi connectivity index (χ1) is 13.5. The lowest BCUT2D eigenvalue weighted by Crippen LogP contribution is -2.19. The molecule has 5 nitrogen and oxygen atoms in total. The number of nitrogens with one attached hydrogen (secondary N) is 1. The van der Waals surface area contributed by atoms with Crippen molar-refractivity contribution in [1.29, 1.82) is 0 Å². The van der Waals surface area contributed by atoms with E-state index >= 15 is 0 Å². The Labute approximate surface area is 177 Å². The van der Waals surface area contributed by atoms with Crippen LogP contribution in [0, 0.1) is 6.92 Å². The summed E-state index contributed by atoms with van der Waals surface area (Å²) in [5.41, 5.74) is 4.92. The number of pyridine rings is 1. The van der Waals surface area contributed by atoms with Gasteiger partial charge in [-0.05, 0) is 43.3 Å². The molecule has 0 unspecified atom stereocenters. The molecule has 0 radical (unpaired) electrons. The Morgan fingerprint density at radius 2 is 2.07 bits per heavy atom. The first-order valence-electron chi connectivity index (χ1n) is 8.31. The number of ether oxygens (including phenoxy) is 1. The van der Waals surface area contributed by atoms with Crippen LogP contribution >= 0.6 is 35.0 Å². The fraction of sp³-hybridized carbons (Fsp3) is 0.150. The number of carbonyl (C=O) groups excluding carboxylic acids is 1. The van der Waals surface area contributed by atoms with Gasteiger partial charge in [0.15, 0.2) is 0 Å². The third-order valence-electron chi connectivity index (χ3n) is 3.82. The van der Waals surface area contributed by atoms with Crippen LogP contribution in [0.15, 0.2) is 52.5 Å². The first-order valence-corrected chi connectivity index (χ1v) is 10.1. The minimum Gasteiger partial charge on any atom is -0.497 e. The maximum absolute atomic E-state index is 12.1. The van der Waals surface area contributed by atoms with Gasteiger partial charge in [0.05, 0.1) is 29.6 Å². The molecule has 28 heavy (non-hydrogen) atoms. The molecule has 0 fully saturated rings. The van der Waals surface area contributed by atoms with Gasteiger partial charge in [-0.15, -0.1) is 11.8 Å². The Morgan fingerprint density at radius 1 is 1.25 bits per heavy atom. The summed E-state index contributed by atoms with van der Waals surface area (Å²) in [6.45, 7) is 1.92. The fourth-order valence-electron chi connectivity index (χ4n) is 2.50. The molecule has 1 amide bonds. The van der Waals surface area contributed by atoms with Crippen LogP contribution in [0.25, 0.3) is 10.9 Å². The molecular weight excluding hydrogens is 417 g/mol. The number of nitrogens with zero attached hydrogens (tertiary/aromatic N) is 2. The normalized spacial score (nSPS) is 11.1. The van der Waals surface area contributed by atoms with Gasteiger partial charge >= 0.3 is 0 Å². The molecule has 0 spiro atoms. The highest BCUT2D eigenvalue weighted by Crippen LogP contribution is 2.30. The summed E-state index contributed by atoms with van der Waals surface area (Å²) in [5.74, 6) is 0.729. The monoisotopic (exact) mass is 433 g/mol. The third-order valence-corrected chi connectivity index (χ3v) is 5.44. The third kappa shape index (κ3) is 5.16. The highest BCUT2D eigenvalue weighted by Gasteiger charge is 2.09. The van der Waals surface area contributed by atoms with Crippen molar-refractivity contribution in [2.45, 2.75) is 11.8 Å². The number of thioether (sulfide) groups is 1. The van der Waals surface area contributed by atoms with Crippen LogP contribution in [0.5, 0.6) is 5.75 Å². The van der Waals surface area contributed by atoms with E-state index in [4.69, 9.17) is 27.9 Å². The van der Waals surface area contributed by atoms with Gasteiger partial charge in [0, 0.05) is 26.6 Å². The number of carbonyl (C=O) groups is 1. The molecule has 0 saturated carbocycles.